The predicted molar refractivity (Wildman–Crippen MR) is 125 cm³/mol. The average molecular weight is 489 g/mol. The van der Waals surface area contributed by atoms with Gasteiger partial charge in [-0.1, -0.05) is 19.9 Å². The summed E-state index contributed by atoms with van der Waals surface area (Å²) in [5.41, 5.74) is 0.281. The van der Waals surface area contributed by atoms with Crippen LogP contribution in [0.25, 0.3) is 0 Å². The van der Waals surface area contributed by atoms with Crippen LogP contribution in [-0.2, 0) is 21.4 Å². The Morgan fingerprint density at radius 2 is 2.00 bits per heavy atom. The number of rotatable bonds is 8. The van der Waals surface area contributed by atoms with Gasteiger partial charge in [0.1, 0.15) is 18.3 Å². The molecule has 1 amide bonds. The zero-order valence-corrected chi connectivity index (χ0v) is 19.9. The van der Waals surface area contributed by atoms with Gasteiger partial charge in [0.05, 0.1) is 21.7 Å². The zero-order valence-electron chi connectivity index (χ0n) is 18.2. The molecule has 0 saturated carbocycles. The summed E-state index contributed by atoms with van der Waals surface area (Å²) in [6.07, 6.45) is 3.23. The molecule has 33 heavy (non-hydrogen) atoms. The molecule has 0 aliphatic carbocycles. The minimum Gasteiger partial charge on any atom is -0.467 e. The molecule has 1 atom stereocenters. The Hall–Kier alpha value is -3.02. The van der Waals surface area contributed by atoms with Crippen molar-refractivity contribution in [3.05, 3.63) is 75.2 Å². The summed E-state index contributed by atoms with van der Waals surface area (Å²) >= 11 is 1.53. The minimum atomic E-state index is -3.77. The average Bonchev–Trinajstić information content (AvgIpc) is 3.55. The lowest BCUT2D eigenvalue weighted by Gasteiger charge is -2.21. The van der Waals surface area contributed by atoms with Crippen molar-refractivity contribution in [2.24, 2.45) is 5.10 Å². The fraction of sp³-hybridized carbons (Fsp3) is 0.318. The smallest absolute Gasteiger partial charge is 0.263 e. The number of thiophene rings is 1. The molecule has 4 heterocycles. The molecule has 0 spiro atoms. The summed E-state index contributed by atoms with van der Waals surface area (Å²) in [5, 5.41) is 7.79. The van der Waals surface area contributed by atoms with Gasteiger partial charge in [-0.05, 0) is 29.6 Å². The second-order valence-corrected chi connectivity index (χ2v) is 10.3. The fourth-order valence-corrected chi connectivity index (χ4v) is 5.95. The van der Waals surface area contributed by atoms with Crippen LogP contribution in [0.2, 0.25) is 0 Å². The number of carbonyl (C=O) groups is 1. The molecule has 3 aromatic rings. The van der Waals surface area contributed by atoms with Crippen molar-refractivity contribution in [3.8, 4) is 0 Å². The van der Waals surface area contributed by atoms with Gasteiger partial charge in [0.25, 0.3) is 11.5 Å². The van der Waals surface area contributed by atoms with Gasteiger partial charge in [0.2, 0.25) is 10.0 Å². The first-order valence-corrected chi connectivity index (χ1v) is 12.8. The van der Waals surface area contributed by atoms with Crippen molar-refractivity contribution < 1.29 is 17.6 Å². The van der Waals surface area contributed by atoms with Gasteiger partial charge in [-0.2, -0.15) is 9.41 Å². The van der Waals surface area contributed by atoms with Crippen LogP contribution in [0.4, 0.5) is 0 Å². The third kappa shape index (κ3) is 4.56. The van der Waals surface area contributed by atoms with Gasteiger partial charge in [0, 0.05) is 31.8 Å². The quantitative estimate of drug-likeness (QED) is 0.485. The number of pyridine rings is 1. The highest BCUT2D eigenvalue weighted by Crippen LogP contribution is 2.34. The molecule has 0 unspecified atom stereocenters. The summed E-state index contributed by atoms with van der Waals surface area (Å²) in [7, 11) is -3.77. The maximum absolute atomic E-state index is 13.3. The molecule has 174 valence electrons. The van der Waals surface area contributed by atoms with Gasteiger partial charge in [-0.25, -0.2) is 13.4 Å². The second-order valence-electron chi connectivity index (χ2n) is 7.42. The Morgan fingerprint density at radius 1 is 1.21 bits per heavy atom. The van der Waals surface area contributed by atoms with Gasteiger partial charge >= 0.3 is 0 Å². The Kier molecular flexibility index (Phi) is 6.63. The van der Waals surface area contributed by atoms with E-state index >= 15 is 0 Å². The number of hydrogen-bond acceptors (Lipinski definition) is 7. The van der Waals surface area contributed by atoms with Crippen LogP contribution in [0.3, 0.4) is 0 Å². The first-order chi connectivity index (χ1) is 15.8. The van der Waals surface area contributed by atoms with E-state index in [4.69, 9.17) is 4.42 Å². The van der Waals surface area contributed by atoms with E-state index in [9.17, 15) is 18.0 Å². The van der Waals surface area contributed by atoms with Crippen LogP contribution >= 0.6 is 11.3 Å². The van der Waals surface area contributed by atoms with E-state index in [2.05, 4.69) is 5.10 Å². The maximum atomic E-state index is 13.3. The highest BCUT2D eigenvalue weighted by Gasteiger charge is 2.35. The third-order valence-electron chi connectivity index (χ3n) is 5.45. The number of amides is 1. The summed E-state index contributed by atoms with van der Waals surface area (Å²) < 4.78 is 33.7. The van der Waals surface area contributed by atoms with E-state index in [1.165, 1.54) is 39.2 Å². The van der Waals surface area contributed by atoms with Crippen LogP contribution in [0.5, 0.6) is 0 Å². The monoisotopic (exact) mass is 488 g/mol. The SMILES string of the molecule is CCN(CC)S(=O)(=O)c1ccc(=O)n(CC(=O)N2N=C(c3cccs3)C[C@H]2c2ccco2)c1. The molecule has 0 saturated heterocycles. The van der Waals surface area contributed by atoms with Gasteiger partial charge in [-0.15, -0.1) is 11.3 Å². The van der Waals surface area contributed by atoms with Crippen LogP contribution in [0.15, 0.2) is 73.4 Å². The number of nitrogens with zero attached hydrogens (tertiary/aromatic N) is 4. The molecule has 0 fully saturated rings. The van der Waals surface area contributed by atoms with E-state index in [0.717, 1.165) is 21.2 Å². The van der Waals surface area contributed by atoms with E-state index < -0.39 is 27.5 Å². The van der Waals surface area contributed by atoms with Gasteiger partial charge in [0.15, 0.2) is 0 Å². The number of aromatic nitrogens is 1. The van der Waals surface area contributed by atoms with Crippen LogP contribution in [0, 0.1) is 0 Å². The zero-order chi connectivity index (χ0) is 23.6. The Morgan fingerprint density at radius 3 is 2.64 bits per heavy atom. The Bertz CT molecular complexity index is 1310. The third-order valence-corrected chi connectivity index (χ3v) is 8.40. The lowest BCUT2D eigenvalue weighted by atomic mass is 10.1. The molecule has 1 aliphatic heterocycles. The van der Waals surface area contributed by atoms with Crippen molar-refractivity contribution in [3.63, 3.8) is 0 Å². The molecular formula is C22H24N4O5S2. The lowest BCUT2D eigenvalue weighted by Crippen LogP contribution is -2.35. The topological polar surface area (TPSA) is 105 Å². The highest BCUT2D eigenvalue weighted by atomic mass is 32.2. The summed E-state index contributed by atoms with van der Waals surface area (Å²) in [6.45, 7) is 3.74. The van der Waals surface area contributed by atoms with Crippen molar-refractivity contribution >= 4 is 33.0 Å². The standard InChI is InChI=1S/C22H24N4O5S2/c1-3-25(4-2)33(29,30)16-9-10-21(27)24(14-16)15-22(28)26-18(19-7-5-11-31-19)13-17(23-26)20-8-6-12-32-20/h5-12,14,18H,3-4,13,15H2,1-2H3/t18-/m0/s1. The normalized spacial score (nSPS) is 16.4. The number of furan rings is 1. The fourth-order valence-electron chi connectivity index (χ4n) is 3.75. The van der Waals surface area contributed by atoms with E-state index in [1.807, 2.05) is 17.5 Å². The van der Waals surface area contributed by atoms with Gasteiger partial charge < -0.3 is 8.98 Å². The number of hydrogen-bond donors (Lipinski definition) is 0. The molecule has 0 radical (unpaired) electrons. The second kappa shape index (κ2) is 9.46. The molecule has 3 aromatic heterocycles. The molecule has 0 N–H and O–H groups in total. The van der Waals surface area contributed by atoms with Crippen molar-refractivity contribution in [1.29, 1.82) is 0 Å². The number of carbonyl (C=O) groups excluding carboxylic acids is 1. The largest absolute Gasteiger partial charge is 0.467 e. The highest BCUT2D eigenvalue weighted by molar-refractivity contribution is 7.89. The van der Waals surface area contributed by atoms with E-state index in [1.54, 1.807) is 26.0 Å². The molecule has 0 aromatic carbocycles. The van der Waals surface area contributed by atoms with Crippen LogP contribution in [0.1, 0.15) is 36.9 Å². The first-order valence-electron chi connectivity index (χ1n) is 10.5. The molecular weight excluding hydrogens is 464 g/mol. The molecule has 1 aliphatic rings. The predicted octanol–water partition coefficient (Wildman–Crippen LogP) is 2.91. The molecule has 9 nitrogen and oxygen atoms in total. The summed E-state index contributed by atoms with van der Waals surface area (Å²) in [5.74, 6) is 0.145. The van der Waals surface area contributed by atoms with Crippen molar-refractivity contribution in [2.45, 2.75) is 37.8 Å². The first kappa shape index (κ1) is 23.1. The molecule has 0 bridgehead atoms. The minimum absolute atomic E-state index is 0.0367. The van der Waals surface area contributed by atoms with E-state index in [0.29, 0.717) is 25.3 Å². The van der Waals surface area contributed by atoms with Crippen molar-refractivity contribution in [2.75, 3.05) is 13.1 Å². The Balaban J connectivity index is 1.64. The number of sulfonamides is 1. The van der Waals surface area contributed by atoms with Gasteiger partial charge in [-0.3, -0.25) is 9.59 Å². The van der Waals surface area contributed by atoms with E-state index in [-0.39, 0.29) is 11.4 Å². The van der Waals surface area contributed by atoms with Crippen molar-refractivity contribution in [1.82, 2.24) is 13.9 Å². The Labute approximate surface area is 195 Å². The number of hydrazone groups is 1. The summed E-state index contributed by atoms with van der Waals surface area (Å²) in [6, 6.07) is 9.36. The van der Waals surface area contributed by atoms with Crippen LogP contribution < -0.4 is 5.56 Å². The molecule has 4 rings (SSSR count). The summed E-state index contributed by atoms with van der Waals surface area (Å²) in [4.78, 5) is 26.6. The maximum Gasteiger partial charge on any atom is 0.263 e. The molecule has 11 heteroatoms. The lowest BCUT2D eigenvalue weighted by molar-refractivity contribution is -0.134. The van der Waals surface area contributed by atoms with Crippen LogP contribution in [-0.4, -0.2) is 47.0 Å².